The molecule has 5 heteroatoms. The van der Waals surface area contributed by atoms with Crippen molar-refractivity contribution in [2.45, 2.75) is 6.92 Å². The van der Waals surface area contributed by atoms with Crippen LogP contribution in [0.5, 0.6) is 5.88 Å². The molecule has 1 aromatic rings. The van der Waals surface area contributed by atoms with Gasteiger partial charge in [-0.2, -0.15) is 0 Å². The average Bonchev–Trinajstić information content (AvgIpc) is 1.99. The zero-order chi connectivity index (χ0) is 8.27. The molecule has 0 saturated heterocycles. The van der Waals surface area contributed by atoms with Gasteiger partial charge in [-0.25, -0.2) is 4.98 Å². The molecule has 0 saturated carbocycles. The molecule has 1 heterocycles. The van der Waals surface area contributed by atoms with Crippen LogP contribution in [0, 0.1) is 4.64 Å². The fourth-order valence-corrected chi connectivity index (χ4v) is 0.803. The van der Waals surface area contributed by atoms with E-state index >= 15 is 0 Å². The van der Waals surface area contributed by atoms with Crippen LogP contribution in [0.15, 0.2) is 6.33 Å². The van der Waals surface area contributed by atoms with E-state index in [1.54, 1.807) is 0 Å². The smallest absolute Gasteiger partial charge is 0.219 e. The van der Waals surface area contributed by atoms with Gasteiger partial charge in [0.2, 0.25) is 5.88 Å². The van der Waals surface area contributed by atoms with Crippen molar-refractivity contribution in [3.8, 4) is 5.88 Å². The second-order valence-corrected chi connectivity index (χ2v) is 2.27. The normalized spacial score (nSPS) is 9.55. The first kappa shape index (κ1) is 8.00. The molecule has 0 fully saturated rings. The van der Waals surface area contributed by atoms with Crippen molar-refractivity contribution >= 4 is 17.9 Å². The standard InChI is InChI=1S/C6H9N3OS/c1-2-10-5-4(7)6(11)9-3-8-5/h3H,2,7H2,1H3,(H,8,9,11). The van der Waals surface area contributed by atoms with Gasteiger partial charge in [-0.1, -0.05) is 12.2 Å². The van der Waals surface area contributed by atoms with Crippen molar-refractivity contribution in [1.29, 1.82) is 0 Å². The zero-order valence-electron chi connectivity index (χ0n) is 6.13. The lowest BCUT2D eigenvalue weighted by Crippen LogP contribution is -2.00. The maximum absolute atomic E-state index is 5.55. The van der Waals surface area contributed by atoms with Crippen molar-refractivity contribution in [3.05, 3.63) is 11.0 Å². The number of hydrogen-bond donors (Lipinski definition) is 2. The molecule has 0 aliphatic heterocycles. The molecule has 0 unspecified atom stereocenters. The molecule has 11 heavy (non-hydrogen) atoms. The minimum atomic E-state index is 0.368. The summed E-state index contributed by atoms with van der Waals surface area (Å²) in [5, 5.41) is 0. The summed E-state index contributed by atoms with van der Waals surface area (Å²) >= 11 is 4.82. The second kappa shape index (κ2) is 3.34. The van der Waals surface area contributed by atoms with Crippen molar-refractivity contribution in [2.24, 2.45) is 0 Å². The minimum Gasteiger partial charge on any atom is -0.478 e. The summed E-state index contributed by atoms with van der Waals surface area (Å²) in [4.78, 5) is 6.53. The number of H-pyrrole nitrogens is 1. The van der Waals surface area contributed by atoms with Gasteiger partial charge < -0.3 is 15.5 Å². The molecule has 0 amide bonds. The van der Waals surface area contributed by atoms with E-state index < -0.39 is 0 Å². The Labute approximate surface area is 69.4 Å². The Morgan fingerprint density at radius 3 is 3.18 bits per heavy atom. The Balaban J connectivity index is 3.06. The van der Waals surface area contributed by atoms with Crippen molar-refractivity contribution in [1.82, 2.24) is 9.97 Å². The SMILES string of the molecule is CCOc1[nH]cnc(=S)c1N. The summed E-state index contributed by atoms with van der Waals surface area (Å²) < 4.78 is 5.50. The van der Waals surface area contributed by atoms with Crippen LogP contribution in [0.2, 0.25) is 0 Å². The van der Waals surface area contributed by atoms with Gasteiger partial charge in [0.1, 0.15) is 5.69 Å². The number of anilines is 1. The minimum absolute atomic E-state index is 0.368. The molecule has 60 valence electrons. The van der Waals surface area contributed by atoms with Crippen molar-refractivity contribution in [3.63, 3.8) is 0 Å². The van der Waals surface area contributed by atoms with Crippen molar-refractivity contribution < 1.29 is 4.74 Å². The lowest BCUT2D eigenvalue weighted by Gasteiger charge is -2.04. The van der Waals surface area contributed by atoms with E-state index in [9.17, 15) is 0 Å². The molecule has 0 aromatic carbocycles. The van der Waals surface area contributed by atoms with Gasteiger partial charge in [0.05, 0.1) is 12.9 Å². The molecule has 0 aliphatic carbocycles. The highest BCUT2D eigenvalue weighted by atomic mass is 32.1. The van der Waals surface area contributed by atoms with Gasteiger partial charge in [-0.3, -0.25) is 0 Å². The average molecular weight is 171 g/mol. The van der Waals surface area contributed by atoms with Gasteiger partial charge in [-0.05, 0) is 6.92 Å². The summed E-state index contributed by atoms with van der Waals surface area (Å²) in [7, 11) is 0. The third-order valence-corrected chi connectivity index (χ3v) is 1.47. The number of ether oxygens (including phenoxy) is 1. The van der Waals surface area contributed by atoms with E-state index in [0.717, 1.165) is 0 Å². The Morgan fingerprint density at radius 2 is 2.55 bits per heavy atom. The van der Waals surface area contributed by atoms with Gasteiger partial charge in [0.25, 0.3) is 0 Å². The third-order valence-electron chi connectivity index (χ3n) is 1.14. The maximum atomic E-state index is 5.55. The monoisotopic (exact) mass is 171 g/mol. The largest absolute Gasteiger partial charge is 0.478 e. The van der Waals surface area contributed by atoms with Crippen molar-refractivity contribution in [2.75, 3.05) is 12.3 Å². The molecule has 0 bridgehead atoms. The summed E-state index contributed by atoms with van der Waals surface area (Å²) in [6.45, 7) is 2.43. The fourth-order valence-electron chi connectivity index (χ4n) is 0.658. The summed E-state index contributed by atoms with van der Waals surface area (Å²) in [6, 6.07) is 0. The summed E-state index contributed by atoms with van der Waals surface area (Å²) in [5.74, 6) is 0.493. The van der Waals surface area contributed by atoms with Crippen LogP contribution < -0.4 is 10.5 Å². The molecule has 0 aliphatic rings. The van der Waals surface area contributed by atoms with Gasteiger partial charge in [-0.15, -0.1) is 0 Å². The van der Waals surface area contributed by atoms with Crippen LogP contribution in [0.1, 0.15) is 6.92 Å². The second-order valence-electron chi connectivity index (χ2n) is 1.88. The van der Waals surface area contributed by atoms with Crippen LogP contribution >= 0.6 is 12.2 Å². The molecule has 0 spiro atoms. The molecule has 4 nitrogen and oxygen atoms in total. The predicted molar refractivity (Wildman–Crippen MR) is 45.0 cm³/mol. The van der Waals surface area contributed by atoms with Crippen LogP contribution in [0.4, 0.5) is 5.69 Å². The molecule has 0 atom stereocenters. The third kappa shape index (κ3) is 1.68. The molecule has 0 radical (unpaired) electrons. The number of nitrogens with zero attached hydrogens (tertiary/aromatic N) is 1. The van der Waals surface area contributed by atoms with Gasteiger partial charge >= 0.3 is 0 Å². The van der Waals surface area contributed by atoms with Crippen LogP contribution in [-0.2, 0) is 0 Å². The van der Waals surface area contributed by atoms with Crippen LogP contribution in [0.25, 0.3) is 0 Å². The first-order valence-corrected chi connectivity index (χ1v) is 3.62. The van der Waals surface area contributed by atoms with Gasteiger partial charge in [0, 0.05) is 0 Å². The van der Waals surface area contributed by atoms with E-state index in [-0.39, 0.29) is 0 Å². The van der Waals surface area contributed by atoms with E-state index in [1.807, 2.05) is 6.92 Å². The number of nitrogens with two attached hydrogens (primary N) is 1. The highest BCUT2D eigenvalue weighted by Gasteiger charge is 1.99. The number of rotatable bonds is 2. The van der Waals surface area contributed by atoms with E-state index in [2.05, 4.69) is 9.97 Å². The van der Waals surface area contributed by atoms with E-state index in [4.69, 9.17) is 22.7 Å². The maximum Gasteiger partial charge on any atom is 0.219 e. The molecular weight excluding hydrogens is 162 g/mol. The number of aromatic nitrogens is 2. The molecule has 1 aromatic heterocycles. The number of nitrogens with one attached hydrogen (secondary N) is 1. The quantitative estimate of drug-likeness (QED) is 0.654. The Bertz CT molecular complexity index is 296. The lowest BCUT2D eigenvalue weighted by molar-refractivity contribution is 0.328. The van der Waals surface area contributed by atoms with E-state index in [0.29, 0.717) is 22.8 Å². The summed E-state index contributed by atoms with van der Waals surface area (Å²) in [6.07, 6.45) is 1.46. The predicted octanol–water partition coefficient (Wildman–Crippen LogP) is 1.12. The first-order valence-electron chi connectivity index (χ1n) is 3.21. The van der Waals surface area contributed by atoms with E-state index in [1.165, 1.54) is 6.33 Å². The number of aromatic amines is 1. The highest BCUT2D eigenvalue weighted by Crippen LogP contribution is 2.15. The van der Waals surface area contributed by atoms with Crippen LogP contribution in [-0.4, -0.2) is 16.6 Å². The van der Waals surface area contributed by atoms with Gasteiger partial charge in [0.15, 0.2) is 4.64 Å². The topological polar surface area (TPSA) is 63.9 Å². The zero-order valence-corrected chi connectivity index (χ0v) is 6.94. The highest BCUT2D eigenvalue weighted by molar-refractivity contribution is 7.71. The van der Waals surface area contributed by atoms with Crippen LogP contribution in [0.3, 0.4) is 0 Å². The molecule has 1 rings (SSSR count). The Kier molecular flexibility index (Phi) is 2.43. The Hall–Kier alpha value is -1.10. The fraction of sp³-hybridized carbons (Fsp3) is 0.333. The lowest BCUT2D eigenvalue weighted by atomic mass is 10.5. The molecular formula is C6H9N3OS. The Morgan fingerprint density at radius 1 is 1.82 bits per heavy atom. The number of nitrogen functional groups attached to an aromatic ring is 1. The molecule has 3 N–H and O–H groups in total. The summed E-state index contributed by atoms with van der Waals surface area (Å²) in [5.41, 5.74) is 5.94. The first-order chi connectivity index (χ1) is 5.25. The number of hydrogen-bond acceptors (Lipinski definition) is 4.